The van der Waals surface area contributed by atoms with Crippen LogP contribution in [-0.2, 0) is 9.47 Å². The van der Waals surface area contributed by atoms with Crippen molar-refractivity contribution in [3.05, 3.63) is 23.5 Å². The number of piperazine rings is 1. The SMILES string of the molecule is Cc1cc(N2CCN(CCC3COCCO3)CC2)cc(C)n1. The number of pyridine rings is 1. The highest BCUT2D eigenvalue weighted by atomic mass is 16.6. The molecule has 3 heterocycles. The van der Waals surface area contributed by atoms with Crippen molar-refractivity contribution >= 4 is 5.69 Å². The van der Waals surface area contributed by atoms with E-state index < -0.39 is 0 Å². The lowest BCUT2D eigenvalue weighted by molar-refractivity contribution is -0.0927. The van der Waals surface area contributed by atoms with Crippen LogP contribution in [0, 0.1) is 13.8 Å². The molecule has 2 fully saturated rings. The van der Waals surface area contributed by atoms with E-state index in [1.54, 1.807) is 0 Å². The molecule has 0 radical (unpaired) electrons. The van der Waals surface area contributed by atoms with Crippen molar-refractivity contribution in [1.29, 1.82) is 0 Å². The summed E-state index contributed by atoms with van der Waals surface area (Å²) in [6, 6.07) is 4.38. The Morgan fingerprint density at radius 3 is 2.45 bits per heavy atom. The summed E-state index contributed by atoms with van der Waals surface area (Å²) >= 11 is 0. The highest BCUT2D eigenvalue weighted by Crippen LogP contribution is 2.19. The molecule has 1 unspecified atom stereocenters. The zero-order chi connectivity index (χ0) is 15.4. The molecule has 0 bridgehead atoms. The number of nitrogens with zero attached hydrogens (tertiary/aromatic N) is 3. The summed E-state index contributed by atoms with van der Waals surface area (Å²) in [6.07, 6.45) is 1.37. The number of anilines is 1. The van der Waals surface area contributed by atoms with Crippen LogP contribution in [0.15, 0.2) is 12.1 Å². The lowest BCUT2D eigenvalue weighted by atomic mass is 10.2. The van der Waals surface area contributed by atoms with Gasteiger partial charge in [0.1, 0.15) is 0 Å². The second-order valence-corrected chi connectivity index (χ2v) is 6.29. The van der Waals surface area contributed by atoms with Gasteiger partial charge in [-0.2, -0.15) is 0 Å². The van der Waals surface area contributed by atoms with Crippen molar-refractivity contribution in [3.8, 4) is 0 Å². The van der Waals surface area contributed by atoms with Crippen LogP contribution in [0.2, 0.25) is 0 Å². The van der Waals surface area contributed by atoms with Crippen LogP contribution in [0.4, 0.5) is 5.69 Å². The molecule has 5 heteroatoms. The molecule has 2 aliphatic heterocycles. The Morgan fingerprint density at radius 2 is 1.82 bits per heavy atom. The van der Waals surface area contributed by atoms with Crippen LogP contribution in [0.1, 0.15) is 17.8 Å². The lowest BCUT2D eigenvalue weighted by Gasteiger charge is -2.37. The van der Waals surface area contributed by atoms with E-state index in [1.165, 1.54) is 5.69 Å². The Morgan fingerprint density at radius 1 is 1.09 bits per heavy atom. The fourth-order valence-corrected chi connectivity index (χ4v) is 3.25. The molecule has 0 N–H and O–H groups in total. The number of ether oxygens (including phenoxy) is 2. The van der Waals surface area contributed by atoms with E-state index >= 15 is 0 Å². The summed E-state index contributed by atoms with van der Waals surface area (Å²) < 4.78 is 11.2. The summed E-state index contributed by atoms with van der Waals surface area (Å²) in [5, 5.41) is 0. The summed E-state index contributed by atoms with van der Waals surface area (Å²) in [4.78, 5) is 9.47. The van der Waals surface area contributed by atoms with E-state index in [9.17, 15) is 0 Å². The molecular formula is C17H27N3O2. The van der Waals surface area contributed by atoms with Crippen molar-refractivity contribution in [2.75, 3.05) is 57.4 Å². The normalized spacial score (nSPS) is 23.7. The van der Waals surface area contributed by atoms with E-state index in [0.29, 0.717) is 0 Å². The third-order valence-electron chi connectivity index (χ3n) is 4.46. The Bertz CT molecular complexity index is 461. The monoisotopic (exact) mass is 305 g/mol. The van der Waals surface area contributed by atoms with E-state index in [0.717, 1.165) is 70.4 Å². The van der Waals surface area contributed by atoms with Gasteiger partial charge in [0.2, 0.25) is 0 Å². The predicted octanol–water partition coefficient (Wildman–Crippen LogP) is 1.63. The number of rotatable bonds is 4. The van der Waals surface area contributed by atoms with Gasteiger partial charge >= 0.3 is 0 Å². The van der Waals surface area contributed by atoms with Crippen LogP contribution in [-0.4, -0.2) is 68.5 Å². The first-order valence-electron chi connectivity index (χ1n) is 8.32. The number of hydrogen-bond acceptors (Lipinski definition) is 5. The maximum absolute atomic E-state index is 5.72. The van der Waals surface area contributed by atoms with Gasteiger partial charge in [0, 0.05) is 49.8 Å². The van der Waals surface area contributed by atoms with Gasteiger partial charge in [0.05, 0.1) is 25.9 Å². The topological polar surface area (TPSA) is 37.8 Å². The first-order chi connectivity index (χ1) is 10.7. The Labute approximate surface area is 133 Å². The Balaban J connectivity index is 1.45. The molecular weight excluding hydrogens is 278 g/mol. The standard InChI is InChI=1S/C17H27N3O2/c1-14-11-16(12-15(2)18-14)20-7-5-19(6-8-20)4-3-17-13-21-9-10-22-17/h11-12,17H,3-10,13H2,1-2H3. The summed E-state index contributed by atoms with van der Waals surface area (Å²) in [5.41, 5.74) is 3.52. The minimum atomic E-state index is 0.289. The molecule has 0 amide bonds. The second kappa shape index (κ2) is 7.40. The van der Waals surface area contributed by atoms with Gasteiger partial charge < -0.3 is 14.4 Å². The molecule has 2 aliphatic rings. The smallest absolute Gasteiger partial charge is 0.0821 e. The number of aromatic nitrogens is 1. The van der Waals surface area contributed by atoms with E-state index in [4.69, 9.17) is 9.47 Å². The van der Waals surface area contributed by atoms with Gasteiger partial charge in [-0.05, 0) is 32.4 Å². The highest BCUT2D eigenvalue weighted by Gasteiger charge is 2.20. The van der Waals surface area contributed by atoms with Crippen molar-refractivity contribution in [2.45, 2.75) is 26.4 Å². The molecule has 0 aliphatic carbocycles. The van der Waals surface area contributed by atoms with Crippen LogP contribution in [0.5, 0.6) is 0 Å². The van der Waals surface area contributed by atoms with E-state index in [1.807, 2.05) is 0 Å². The molecule has 22 heavy (non-hydrogen) atoms. The van der Waals surface area contributed by atoms with Crippen LogP contribution in [0.25, 0.3) is 0 Å². The van der Waals surface area contributed by atoms with Crippen molar-refractivity contribution in [3.63, 3.8) is 0 Å². The zero-order valence-corrected chi connectivity index (χ0v) is 13.8. The molecule has 1 aromatic rings. The molecule has 1 aromatic heterocycles. The Hall–Kier alpha value is -1.17. The van der Waals surface area contributed by atoms with Crippen LogP contribution < -0.4 is 4.90 Å². The second-order valence-electron chi connectivity index (χ2n) is 6.29. The van der Waals surface area contributed by atoms with Crippen molar-refractivity contribution < 1.29 is 9.47 Å². The molecule has 3 rings (SSSR count). The average molecular weight is 305 g/mol. The molecule has 0 saturated carbocycles. The molecule has 122 valence electrons. The fraction of sp³-hybridized carbons (Fsp3) is 0.706. The van der Waals surface area contributed by atoms with Crippen molar-refractivity contribution in [2.24, 2.45) is 0 Å². The van der Waals surface area contributed by atoms with E-state index in [2.05, 4.69) is 40.8 Å². The lowest BCUT2D eigenvalue weighted by Crippen LogP contribution is -2.47. The van der Waals surface area contributed by atoms with E-state index in [-0.39, 0.29) is 6.10 Å². The Kier molecular flexibility index (Phi) is 5.28. The minimum absolute atomic E-state index is 0.289. The fourth-order valence-electron chi connectivity index (χ4n) is 3.25. The molecule has 1 atom stereocenters. The summed E-state index contributed by atoms with van der Waals surface area (Å²) in [5.74, 6) is 0. The van der Waals surface area contributed by atoms with Crippen LogP contribution in [0.3, 0.4) is 0 Å². The van der Waals surface area contributed by atoms with Crippen molar-refractivity contribution in [1.82, 2.24) is 9.88 Å². The molecule has 0 spiro atoms. The maximum Gasteiger partial charge on any atom is 0.0821 e. The van der Waals surface area contributed by atoms with Gasteiger partial charge in [0.15, 0.2) is 0 Å². The third-order valence-corrected chi connectivity index (χ3v) is 4.46. The number of aryl methyl sites for hydroxylation is 2. The van der Waals surface area contributed by atoms with Gasteiger partial charge in [-0.1, -0.05) is 0 Å². The highest BCUT2D eigenvalue weighted by molar-refractivity contribution is 5.48. The zero-order valence-electron chi connectivity index (χ0n) is 13.8. The minimum Gasteiger partial charge on any atom is -0.376 e. The first-order valence-corrected chi connectivity index (χ1v) is 8.32. The predicted molar refractivity (Wildman–Crippen MR) is 87.5 cm³/mol. The maximum atomic E-state index is 5.72. The average Bonchev–Trinajstić information content (AvgIpc) is 2.53. The summed E-state index contributed by atoms with van der Waals surface area (Å²) in [6.45, 7) is 11.9. The largest absolute Gasteiger partial charge is 0.376 e. The third kappa shape index (κ3) is 4.18. The summed E-state index contributed by atoms with van der Waals surface area (Å²) in [7, 11) is 0. The van der Waals surface area contributed by atoms with Gasteiger partial charge in [-0.3, -0.25) is 9.88 Å². The quantitative estimate of drug-likeness (QED) is 0.845. The molecule has 5 nitrogen and oxygen atoms in total. The number of hydrogen-bond donors (Lipinski definition) is 0. The van der Waals surface area contributed by atoms with Gasteiger partial charge in [-0.25, -0.2) is 0 Å². The van der Waals surface area contributed by atoms with Gasteiger partial charge in [-0.15, -0.1) is 0 Å². The van der Waals surface area contributed by atoms with Gasteiger partial charge in [0.25, 0.3) is 0 Å². The first kappa shape index (κ1) is 15.7. The van der Waals surface area contributed by atoms with Crippen LogP contribution >= 0.6 is 0 Å². The molecule has 0 aromatic carbocycles. The molecule has 2 saturated heterocycles.